The zero-order valence-corrected chi connectivity index (χ0v) is 14.9. The van der Waals surface area contributed by atoms with Gasteiger partial charge in [-0.15, -0.1) is 10.2 Å². The van der Waals surface area contributed by atoms with E-state index in [0.29, 0.717) is 29.5 Å². The van der Waals surface area contributed by atoms with E-state index in [-0.39, 0.29) is 36.1 Å². The number of rotatable bonds is 8. The number of hydrogen-bond acceptors (Lipinski definition) is 8. The van der Waals surface area contributed by atoms with Crippen LogP contribution in [-0.4, -0.2) is 47.6 Å². The molecule has 1 aromatic heterocycles. The summed E-state index contributed by atoms with van der Waals surface area (Å²) in [5, 5.41) is 13.4. The summed E-state index contributed by atoms with van der Waals surface area (Å²) in [4.78, 5) is 23.2. The molecule has 0 atom stereocenters. The Kier molecular flexibility index (Phi) is 5.95. The molecule has 3 rings (SSSR count). The highest BCUT2D eigenvalue weighted by Gasteiger charge is 2.17. The fourth-order valence-corrected chi connectivity index (χ4v) is 2.69. The van der Waals surface area contributed by atoms with Crippen LogP contribution < -0.4 is 20.1 Å². The summed E-state index contributed by atoms with van der Waals surface area (Å²) in [6, 6.07) is 5.31. The maximum Gasteiger partial charge on any atom is 0.277 e. The molecule has 2 N–H and O–H groups in total. The maximum atomic E-state index is 11.8. The number of nitrogens with zero attached hydrogens (tertiary/aromatic N) is 2. The number of nitrogens with one attached hydrogen (secondary N) is 2. The number of aromatic nitrogens is 2. The number of amides is 2. The van der Waals surface area contributed by atoms with Crippen molar-refractivity contribution in [3.05, 3.63) is 18.2 Å². The fourth-order valence-electron chi connectivity index (χ4n) is 2.10. The lowest BCUT2D eigenvalue weighted by molar-refractivity contribution is -0.124. The topological polar surface area (TPSA) is 116 Å². The molecule has 0 bridgehead atoms. The van der Waals surface area contributed by atoms with Gasteiger partial charge in [0, 0.05) is 12.1 Å². The molecule has 2 aromatic rings. The molecule has 9 nitrogen and oxygen atoms in total. The third kappa shape index (κ3) is 4.66. The summed E-state index contributed by atoms with van der Waals surface area (Å²) >= 11 is 1.10. The van der Waals surface area contributed by atoms with Gasteiger partial charge in [-0.2, -0.15) is 0 Å². The van der Waals surface area contributed by atoms with Crippen LogP contribution in [0.25, 0.3) is 11.5 Å². The molecule has 1 aliphatic heterocycles. The molecule has 1 aliphatic rings. The first-order valence-electron chi connectivity index (χ1n) is 8.05. The third-order valence-corrected chi connectivity index (χ3v) is 4.19. The van der Waals surface area contributed by atoms with Crippen molar-refractivity contribution in [3.63, 3.8) is 0 Å². The molecule has 2 heterocycles. The van der Waals surface area contributed by atoms with Crippen molar-refractivity contribution in [3.8, 4) is 23.0 Å². The van der Waals surface area contributed by atoms with Gasteiger partial charge in [0.1, 0.15) is 0 Å². The normalized spacial score (nSPS) is 12.0. The number of ether oxygens (including phenoxy) is 2. The van der Waals surface area contributed by atoms with E-state index in [1.54, 1.807) is 18.2 Å². The second kappa shape index (κ2) is 8.56. The Morgan fingerprint density at radius 1 is 1.15 bits per heavy atom. The smallest absolute Gasteiger partial charge is 0.277 e. The van der Waals surface area contributed by atoms with Crippen molar-refractivity contribution in [1.29, 1.82) is 0 Å². The van der Waals surface area contributed by atoms with Crippen molar-refractivity contribution in [1.82, 2.24) is 20.8 Å². The Morgan fingerprint density at radius 3 is 2.85 bits per heavy atom. The summed E-state index contributed by atoms with van der Waals surface area (Å²) in [6.07, 6.45) is 0.846. The molecule has 0 aliphatic carbocycles. The number of hydrogen-bond donors (Lipinski definition) is 2. The maximum absolute atomic E-state index is 11.8. The highest BCUT2D eigenvalue weighted by atomic mass is 32.2. The van der Waals surface area contributed by atoms with E-state index >= 15 is 0 Å². The van der Waals surface area contributed by atoms with Crippen molar-refractivity contribution >= 4 is 23.6 Å². The lowest BCUT2D eigenvalue weighted by atomic mass is 10.2. The SMILES string of the molecule is CCCNC(=O)CNC(=O)CSc1nnc(-c2ccc3c(c2)OCO3)o1. The van der Waals surface area contributed by atoms with Gasteiger partial charge in [-0.3, -0.25) is 9.59 Å². The molecule has 0 fully saturated rings. The van der Waals surface area contributed by atoms with Gasteiger partial charge >= 0.3 is 0 Å². The standard InChI is InChI=1S/C16H18N4O5S/c1-2-5-17-13(21)7-18-14(22)8-26-16-20-19-15(25-16)10-3-4-11-12(6-10)24-9-23-11/h3-4,6H,2,5,7-9H2,1H3,(H,17,21)(H,18,22). The van der Waals surface area contributed by atoms with E-state index in [0.717, 1.165) is 18.2 Å². The molecular weight excluding hydrogens is 360 g/mol. The van der Waals surface area contributed by atoms with Crippen LogP contribution in [0.4, 0.5) is 0 Å². The van der Waals surface area contributed by atoms with E-state index in [4.69, 9.17) is 13.9 Å². The largest absolute Gasteiger partial charge is 0.454 e. The van der Waals surface area contributed by atoms with Crippen LogP contribution >= 0.6 is 11.8 Å². The number of carbonyl (C=O) groups is 2. The van der Waals surface area contributed by atoms with Gasteiger partial charge in [0.25, 0.3) is 5.22 Å². The lowest BCUT2D eigenvalue weighted by Gasteiger charge is -2.04. The van der Waals surface area contributed by atoms with Gasteiger partial charge in [-0.25, -0.2) is 0 Å². The Balaban J connectivity index is 1.48. The molecule has 0 radical (unpaired) electrons. The van der Waals surface area contributed by atoms with E-state index in [2.05, 4.69) is 20.8 Å². The van der Waals surface area contributed by atoms with Crippen LogP contribution in [0.2, 0.25) is 0 Å². The van der Waals surface area contributed by atoms with E-state index in [1.807, 2.05) is 6.92 Å². The van der Waals surface area contributed by atoms with Crippen molar-refractivity contribution in [2.75, 3.05) is 25.6 Å². The first-order valence-corrected chi connectivity index (χ1v) is 9.04. The molecule has 10 heteroatoms. The Morgan fingerprint density at radius 2 is 2.00 bits per heavy atom. The number of benzene rings is 1. The summed E-state index contributed by atoms with van der Waals surface area (Å²) in [7, 11) is 0. The van der Waals surface area contributed by atoms with Crippen LogP contribution in [0.1, 0.15) is 13.3 Å². The van der Waals surface area contributed by atoms with Gasteiger partial charge in [-0.05, 0) is 24.6 Å². The molecule has 0 saturated heterocycles. The van der Waals surface area contributed by atoms with Crippen molar-refractivity contribution < 1.29 is 23.5 Å². The average molecular weight is 378 g/mol. The fraction of sp³-hybridized carbons (Fsp3) is 0.375. The van der Waals surface area contributed by atoms with Gasteiger partial charge in [0.05, 0.1) is 12.3 Å². The summed E-state index contributed by atoms with van der Waals surface area (Å²) in [5.41, 5.74) is 0.700. The number of thioether (sulfide) groups is 1. The second-order valence-corrected chi connectivity index (χ2v) is 6.28. The Bertz CT molecular complexity index is 795. The average Bonchev–Trinajstić information content (AvgIpc) is 3.31. The van der Waals surface area contributed by atoms with Crippen LogP contribution in [0.15, 0.2) is 27.8 Å². The quantitative estimate of drug-likeness (QED) is 0.659. The minimum absolute atomic E-state index is 0.0499. The molecule has 0 saturated carbocycles. The molecule has 0 unspecified atom stereocenters. The van der Waals surface area contributed by atoms with Gasteiger partial charge in [0.15, 0.2) is 11.5 Å². The Hall–Kier alpha value is -2.75. The van der Waals surface area contributed by atoms with Crippen LogP contribution in [0.3, 0.4) is 0 Å². The summed E-state index contributed by atoms with van der Waals surface area (Å²) < 4.78 is 16.1. The molecule has 26 heavy (non-hydrogen) atoms. The van der Waals surface area contributed by atoms with Crippen LogP contribution in [-0.2, 0) is 9.59 Å². The van der Waals surface area contributed by atoms with E-state index < -0.39 is 0 Å². The molecule has 0 spiro atoms. The van der Waals surface area contributed by atoms with Gasteiger partial charge < -0.3 is 24.5 Å². The molecule has 1 aromatic carbocycles. The highest BCUT2D eigenvalue weighted by Crippen LogP contribution is 2.35. The predicted molar refractivity (Wildman–Crippen MR) is 92.9 cm³/mol. The third-order valence-electron chi connectivity index (χ3n) is 3.37. The van der Waals surface area contributed by atoms with E-state index in [1.165, 1.54) is 0 Å². The van der Waals surface area contributed by atoms with Crippen molar-refractivity contribution in [2.24, 2.45) is 0 Å². The van der Waals surface area contributed by atoms with Crippen LogP contribution in [0, 0.1) is 0 Å². The van der Waals surface area contributed by atoms with E-state index in [9.17, 15) is 9.59 Å². The number of fused-ring (bicyclic) bond motifs is 1. The first-order chi connectivity index (χ1) is 12.7. The molecule has 138 valence electrons. The monoisotopic (exact) mass is 378 g/mol. The van der Waals surface area contributed by atoms with Gasteiger partial charge in [-0.1, -0.05) is 18.7 Å². The predicted octanol–water partition coefficient (Wildman–Crippen LogP) is 1.20. The minimum Gasteiger partial charge on any atom is -0.454 e. The molecular formula is C16H18N4O5S. The zero-order valence-electron chi connectivity index (χ0n) is 14.1. The first kappa shape index (κ1) is 18.1. The highest BCUT2D eigenvalue weighted by molar-refractivity contribution is 7.99. The lowest BCUT2D eigenvalue weighted by Crippen LogP contribution is -2.37. The zero-order chi connectivity index (χ0) is 18.4. The van der Waals surface area contributed by atoms with Crippen molar-refractivity contribution in [2.45, 2.75) is 18.6 Å². The Labute approximate surface area is 153 Å². The summed E-state index contributed by atoms with van der Waals surface area (Å²) in [6.45, 7) is 2.69. The second-order valence-electron chi connectivity index (χ2n) is 5.36. The van der Waals surface area contributed by atoms with Crippen LogP contribution in [0.5, 0.6) is 11.5 Å². The number of carbonyl (C=O) groups excluding carboxylic acids is 2. The minimum atomic E-state index is -0.288. The molecule has 2 amide bonds. The summed E-state index contributed by atoms with van der Waals surface area (Å²) in [5.74, 6) is 1.19. The van der Waals surface area contributed by atoms with Gasteiger partial charge in [0.2, 0.25) is 24.5 Å².